The number of hydrogen-bond acceptors (Lipinski definition) is 2. The second-order valence-electron chi connectivity index (χ2n) is 4.61. The first-order valence-corrected chi connectivity index (χ1v) is 6.23. The van der Waals surface area contributed by atoms with Crippen LogP contribution in [0.1, 0.15) is 12.8 Å². The van der Waals surface area contributed by atoms with Crippen LogP contribution < -0.4 is 5.32 Å². The van der Waals surface area contributed by atoms with Crippen LogP contribution in [-0.4, -0.2) is 22.4 Å². The van der Waals surface area contributed by atoms with Crippen molar-refractivity contribution in [2.24, 2.45) is 0 Å². The summed E-state index contributed by atoms with van der Waals surface area (Å²) in [5.74, 6) is 0. The van der Waals surface area contributed by atoms with Crippen LogP contribution in [0, 0.1) is 0 Å². The summed E-state index contributed by atoms with van der Waals surface area (Å²) < 4.78 is 2.05. The lowest BCUT2D eigenvalue weighted by Gasteiger charge is -2.09. The van der Waals surface area contributed by atoms with Crippen LogP contribution in [0.4, 0.5) is 0 Å². The monoisotopic (exact) mass is 227 g/mol. The molecule has 1 aromatic carbocycles. The van der Waals surface area contributed by atoms with E-state index in [-0.39, 0.29) is 0 Å². The van der Waals surface area contributed by atoms with Gasteiger partial charge in [-0.3, -0.25) is 4.68 Å². The highest BCUT2D eigenvalue weighted by atomic mass is 15.3. The molecule has 1 aliphatic heterocycles. The normalized spacial score (nSPS) is 19.6. The zero-order valence-electron chi connectivity index (χ0n) is 9.84. The number of nitrogens with zero attached hydrogens (tertiary/aromatic N) is 2. The van der Waals surface area contributed by atoms with E-state index in [2.05, 4.69) is 40.9 Å². The van der Waals surface area contributed by atoms with Crippen LogP contribution >= 0.6 is 0 Å². The number of nitrogens with one attached hydrogen (secondary N) is 1. The summed E-state index contributed by atoms with van der Waals surface area (Å²) in [7, 11) is 0. The zero-order valence-corrected chi connectivity index (χ0v) is 9.84. The van der Waals surface area contributed by atoms with Crippen molar-refractivity contribution in [1.29, 1.82) is 0 Å². The molecule has 2 aromatic rings. The Kier molecular flexibility index (Phi) is 2.92. The summed E-state index contributed by atoms with van der Waals surface area (Å²) in [6.45, 7) is 2.13. The molecule has 1 fully saturated rings. The number of hydrogen-bond donors (Lipinski definition) is 1. The van der Waals surface area contributed by atoms with E-state index in [1.165, 1.54) is 24.0 Å². The highest BCUT2D eigenvalue weighted by Gasteiger charge is 2.14. The van der Waals surface area contributed by atoms with Crippen LogP contribution in [0.5, 0.6) is 0 Å². The molecule has 1 atom stereocenters. The lowest BCUT2D eigenvalue weighted by molar-refractivity contribution is 0.476. The first-order valence-electron chi connectivity index (χ1n) is 6.23. The van der Waals surface area contributed by atoms with Crippen molar-refractivity contribution in [2.75, 3.05) is 6.54 Å². The predicted molar refractivity (Wildman–Crippen MR) is 68.7 cm³/mol. The van der Waals surface area contributed by atoms with Crippen molar-refractivity contribution in [1.82, 2.24) is 15.1 Å². The maximum Gasteiger partial charge on any atom is 0.0568 e. The molecular weight excluding hydrogens is 210 g/mol. The first-order chi connectivity index (χ1) is 8.42. The Morgan fingerprint density at radius 2 is 2.12 bits per heavy atom. The van der Waals surface area contributed by atoms with E-state index in [0.29, 0.717) is 6.04 Å². The molecule has 3 heteroatoms. The van der Waals surface area contributed by atoms with Crippen molar-refractivity contribution < 1.29 is 0 Å². The molecule has 1 aliphatic rings. The summed E-state index contributed by atoms with van der Waals surface area (Å²) in [5, 5.41) is 7.93. The fraction of sp³-hybridized carbons (Fsp3) is 0.357. The minimum Gasteiger partial charge on any atom is -0.312 e. The molecule has 0 radical (unpaired) electrons. The van der Waals surface area contributed by atoms with Crippen molar-refractivity contribution in [3.63, 3.8) is 0 Å². The van der Waals surface area contributed by atoms with Crippen LogP contribution in [0.25, 0.3) is 11.1 Å². The quantitative estimate of drug-likeness (QED) is 0.872. The Morgan fingerprint density at radius 3 is 2.88 bits per heavy atom. The topological polar surface area (TPSA) is 29.9 Å². The molecule has 1 aromatic heterocycles. The van der Waals surface area contributed by atoms with Crippen molar-refractivity contribution in [2.45, 2.75) is 25.4 Å². The van der Waals surface area contributed by atoms with Gasteiger partial charge < -0.3 is 5.32 Å². The van der Waals surface area contributed by atoms with Crippen LogP contribution in [0.2, 0.25) is 0 Å². The zero-order chi connectivity index (χ0) is 11.5. The molecule has 0 saturated carbocycles. The van der Waals surface area contributed by atoms with Gasteiger partial charge in [-0.2, -0.15) is 5.10 Å². The third-order valence-electron chi connectivity index (χ3n) is 3.31. The molecule has 0 spiro atoms. The molecule has 0 aliphatic carbocycles. The molecule has 2 heterocycles. The van der Waals surface area contributed by atoms with Crippen LogP contribution in [0.3, 0.4) is 0 Å². The van der Waals surface area contributed by atoms with E-state index < -0.39 is 0 Å². The molecule has 0 unspecified atom stereocenters. The summed E-state index contributed by atoms with van der Waals surface area (Å²) in [5.41, 5.74) is 2.43. The summed E-state index contributed by atoms with van der Waals surface area (Å²) in [6, 6.07) is 11.0. The summed E-state index contributed by atoms with van der Waals surface area (Å²) in [4.78, 5) is 0. The average molecular weight is 227 g/mol. The van der Waals surface area contributed by atoms with Gasteiger partial charge in [-0.15, -0.1) is 0 Å². The predicted octanol–water partition coefficient (Wildman–Crippen LogP) is 2.30. The highest BCUT2D eigenvalue weighted by molar-refractivity contribution is 5.61. The minimum atomic E-state index is 0.596. The molecule has 1 N–H and O–H groups in total. The second kappa shape index (κ2) is 4.72. The van der Waals surface area contributed by atoms with Gasteiger partial charge in [-0.05, 0) is 24.9 Å². The average Bonchev–Trinajstić information content (AvgIpc) is 3.02. The largest absolute Gasteiger partial charge is 0.312 e. The van der Waals surface area contributed by atoms with Crippen LogP contribution in [0.15, 0.2) is 42.7 Å². The lowest BCUT2D eigenvalue weighted by Crippen LogP contribution is -2.26. The molecule has 88 valence electrons. The summed E-state index contributed by atoms with van der Waals surface area (Å²) in [6.07, 6.45) is 6.64. The van der Waals surface area contributed by atoms with Gasteiger partial charge in [0.1, 0.15) is 0 Å². The number of benzene rings is 1. The van der Waals surface area contributed by atoms with Crippen molar-refractivity contribution in [3.8, 4) is 11.1 Å². The Labute approximate surface area is 101 Å². The molecule has 1 saturated heterocycles. The molecule has 0 amide bonds. The van der Waals surface area contributed by atoms with E-state index >= 15 is 0 Å². The van der Waals surface area contributed by atoms with Gasteiger partial charge in [0, 0.05) is 17.8 Å². The molecule has 3 nitrogen and oxygen atoms in total. The number of aromatic nitrogens is 2. The Bertz CT molecular complexity index is 469. The maximum absolute atomic E-state index is 4.43. The van der Waals surface area contributed by atoms with E-state index in [4.69, 9.17) is 0 Å². The van der Waals surface area contributed by atoms with E-state index in [9.17, 15) is 0 Å². The summed E-state index contributed by atoms with van der Waals surface area (Å²) >= 11 is 0. The van der Waals surface area contributed by atoms with E-state index in [1.54, 1.807) is 0 Å². The van der Waals surface area contributed by atoms with Crippen molar-refractivity contribution >= 4 is 0 Å². The van der Waals surface area contributed by atoms with Crippen LogP contribution in [-0.2, 0) is 6.54 Å². The van der Waals surface area contributed by atoms with Gasteiger partial charge in [0.05, 0.1) is 12.7 Å². The van der Waals surface area contributed by atoms with Gasteiger partial charge in [-0.25, -0.2) is 0 Å². The van der Waals surface area contributed by atoms with Crippen molar-refractivity contribution in [3.05, 3.63) is 42.7 Å². The van der Waals surface area contributed by atoms with E-state index in [1.807, 2.05) is 16.9 Å². The Morgan fingerprint density at radius 1 is 1.24 bits per heavy atom. The fourth-order valence-corrected chi connectivity index (χ4v) is 2.38. The minimum absolute atomic E-state index is 0.596. The Hall–Kier alpha value is -1.61. The highest BCUT2D eigenvalue weighted by Crippen LogP contribution is 2.18. The molecule has 17 heavy (non-hydrogen) atoms. The molecule has 3 rings (SSSR count). The molecular formula is C14H17N3. The van der Waals surface area contributed by atoms with Gasteiger partial charge in [0.2, 0.25) is 0 Å². The third-order valence-corrected chi connectivity index (χ3v) is 3.31. The SMILES string of the molecule is c1ccc(-c2cnn(C[C@@H]3CCCN3)c2)cc1. The fourth-order valence-electron chi connectivity index (χ4n) is 2.38. The van der Waals surface area contributed by atoms with Gasteiger partial charge in [-0.1, -0.05) is 30.3 Å². The van der Waals surface area contributed by atoms with Gasteiger partial charge in [0.15, 0.2) is 0 Å². The number of rotatable bonds is 3. The van der Waals surface area contributed by atoms with Gasteiger partial charge >= 0.3 is 0 Å². The molecule has 0 bridgehead atoms. The second-order valence-corrected chi connectivity index (χ2v) is 4.61. The smallest absolute Gasteiger partial charge is 0.0568 e. The van der Waals surface area contributed by atoms with Gasteiger partial charge in [0.25, 0.3) is 0 Å². The third kappa shape index (κ3) is 2.39. The Balaban J connectivity index is 1.74. The lowest BCUT2D eigenvalue weighted by atomic mass is 10.1. The maximum atomic E-state index is 4.43. The van der Waals surface area contributed by atoms with E-state index in [0.717, 1.165) is 13.1 Å². The first kappa shape index (κ1) is 10.5. The standard InChI is InChI=1S/C14H17N3/c1-2-5-12(6-3-1)13-9-16-17(10-13)11-14-7-4-8-15-14/h1-3,5-6,9-10,14-15H,4,7-8,11H2/t14-/m0/s1.